The van der Waals surface area contributed by atoms with Gasteiger partial charge >= 0.3 is 7.60 Å². The number of anilines is 2. The molecule has 35 heavy (non-hydrogen) atoms. The van der Waals surface area contributed by atoms with Crippen molar-refractivity contribution in [2.24, 2.45) is 0 Å². The van der Waals surface area contributed by atoms with E-state index in [1.807, 2.05) is 31.2 Å². The second-order valence-corrected chi connectivity index (χ2v) is 11.4. The van der Waals surface area contributed by atoms with Crippen molar-refractivity contribution in [1.29, 1.82) is 5.41 Å². The summed E-state index contributed by atoms with van der Waals surface area (Å²) in [6, 6.07) is 11.4. The van der Waals surface area contributed by atoms with Crippen molar-refractivity contribution >= 4 is 24.7 Å². The van der Waals surface area contributed by atoms with E-state index in [4.69, 9.17) is 29.7 Å². The molecule has 4 N–H and O–H groups in total. The third-order valence-corrected chi connectivity index (χ3v) is 7.81. The number of fused-ring (bicyclic) bond motifs is 1. The van der Waals surface area contributed by atoms with Gasteiger partial charge in [0.05, 0.1) is 31.1 Å². The predicted octanol–water partition coefficient (Wildman–Crippen LogP) is 3.76. The first-order valence-electron chi connectivity index (χ1n) is 11.8. The highest BCUT2D eigenvalue weighted by Crippen LogP contribution is 2.43. The molecule has 0 bridgehead atoms. The van der Waals surface area contributed by atoms with E-state index in [9.17, 15) is 4.57 Å². The summed E-state index contributed by atoms with van der Waals surface area (Å²) in [5.74, 6) is 0.829. The average molecular weight is 503 g/mol. The van der Waals surface area contributed by atoms with Gasteiger partial charge in [0.25, 0.3) is 0 Å². The van der Waals surface area contributed by atoms with E-state index in [0.29, 0.717) is 30.0 Å². The molecule has 190 valence electrons. The minimum atomic E-state index is -3.10. The Balaban J connectivity index is 1.41. The molecule has 0 aromatic heterocycles. The highest BCUT2D eigenvalue weighted by atomic mass is 31.2. The molecule has 0 aliphatic carbocycles. The molecule has 2 aromatic rings. The number of morpholine rings is 1. The molecule has 2 aliphatic rings. The average Bonchev–Trinajstić information content (AvgIpc) is 3.20. The minimum Gasteiger partial charge on any atom is -0.492 e. The van der Waals surface area contributed by atoms with E-state index >= 15 is 0 Å². The highest BCUT2D eigenvalue weighted by Gasteiger charge is 2.38. The van der Waals surface area contributed by atoms with Crippen LogP contribution >= 0.6 is 7.60 Å². The maximum Gasteiger partial charge on any atom is 0.327 e. The van der Waals surface area contributed by atoms with Gasteiger partial charge in [-0.2, -0.15) is 0 Å². The number of hydrogen-bond acceptors (Lipinski definition) is 9. The van der Waals surface area contributed by atoms with Gasteiger partial charge in [-0.05, 0) is 48.4 Å². The van der Waals surface area contributed by atoms with Gasteiger partial charge in [-0.1, -0.05) is 6.07 Å². The lowest BCUT2D eigenvalue weighted by Gasteiger charge is -2.27. The number of ether oxygens (including phenoxy) is 2. The fourth-order valence-corrected chi connectivity index (χ4v) is 4.86. The first-order valence-corrected chi connectivity index (χ1v) is 13.8. The number of nitrogen functional groups attached to an aromatic ring is 1. The Kier molecular flexibility index (Phi) is 7.83. The molecule has 2 aliphatic heterocycles. The van der Waals surface area contributed by atoms with Crippen molar-refractivity contribution in [3.8, 4) is 5.75 Å². The van der Waals surface area contributed by atoms with Crippen LogP contribution in [0.25, 0.3) is 0 Å². The van der Waals surface area contributed by atoms with Gasteiger partial charge in [-0.25, -0.2) is 0 Å². The Morgan fingerprint density at radius 3 is 2.77 bits per heavy atom. The fraction of sp³-hybridized carbons (Fsp3) is 0.480. The van der Waals surface area contributed by atoms with Crippen molar-refractivity contribution in [3.63, 3.8) is 0 Å². The summed E-state index contributed by atoms with van der Waals surface area (Å²) in [6.07, 6.45) is 0.635. The fourth-order valence-electron chi connectivity index (χ4n) is 4.37. The van der Waals surface area contributed by atoms with E-state index in [1.165, 1.54) is 13.8 Å². The normalized spacial score (nSPS) is 21.7. The Labute approximate surface area is 206 Å². The lowest BCUT2D eigenvalue weighted by atomic mass is 9.86. The van der Waals surface area contributed by atoms with Gasteiger partial charge in [-0.15, -0.1) is 0 Å². The molecule has 2 atom stereocenters. The van der Waals surface area contributed by atoms with E-state index in [1.54, 1.807) is 6.07 Å². The van der Waals surface area contributed by atoms with Gasteiger partial charge in [-0.3, -0.25) is 9.46 Å². The van der Waals surface area contributed by atoms with Gasteiger partial charge in [0.15, 0.2) is 0 Å². The summed E-state index contributed by atoms with van der Waals surface area (Å²) in [5, 5.41) is 12.5. The third kappa shape index (κ3) is 6.23. The Bertz CT molecular complexity index is 1120. The number of rotatable bonds is 10. The summed E-state index contributed by atoms with van der Waals surface area (Å²) >= 11 is 0. The van der Waals surface area contributed by atoms with Crippen LogP contribution in [0.15, 0.2) is 36.4 Å². The maximum atomic E-state index is 12.1. The summed E-state index contributed by atoms with van der Waals surface area (Å²) in [7, 11) is -1.75. The van der Waals surface area contributed by atoms with Gasteiger partial charge in [0.1, 0.15) is 12.4 Å². The monoisotopic (exact) mass is 502 g/mol. The molecule has 2 heterocycles. The minimum absolute atomic E-state index is 0.109. The number of hydrogen-bond donors (Lipinski definition) is 3. The zero-order valence-electron chi connectivity index (χ0n) is 20.6. The lowest BCUT2D eigenvalue weighted by molar-refractivity contribution is 0.0322. The number of nitrogens with zero attached hydrogens (tertiary/aromatic N) is 1. The van der Waals surface area contributed by atoms with Crippen LogP contribution in [-0.2, 0) is 31.4 Å². The molecule has 1 saturated heterocycles. The van der Waals surface area contributed by atoms with Crippen LogP contribution < -0.4 is 15.8 Å². The van der Waals surface area contributed by atoms with Crippen LogP contribution in [0.2, 0.25) is 0 Å². The van der Waals surface area contributed by atoms with Gasteiger partial charge in [0.2, 0.25) is 0 Å². The molecule has 0 radical (unpaired) electrons. The second kappa shape index (κ2) is 10.7. The molecule has 0 amide bonds. The topological polar surface area (TPSA) is 119 Å². The van der Waals surface area contributed by atoms with Crippen LogP contribution in [0.5, 0.6) is 5.75 Å². The zero-order chi connectivity index (χ0) is 25.1. The standard InChI is InChI=1S/C25H35N4O5P/c1-25(24(27)21-14-18(4-6-22(21)26)17-34-35(3,30)31-2)16-19-15-20(5-7-23(19)28-25)33-13-10-29-8-11-32-12-9-29/h4-7,14-15,27-28H,8-13,16-17,26H2,1-3H3. The van der Waals surface area contributed by atoms with E-state index < -0.39 is 13.1 Å². The van der Waals surface area contributed by atoms with Gasteiger partial charge < -0.3 is 35.0 Å². The molecule has 0 saturated carbocycles. The molecule has 0 spiro atoms. The lowest BCUT2D eigenvalue weighted by Crippen LogP contribution is -2.42. The summed E-state index contributed by atoms with van der Waals surface area (Å²) in [5.41, 5.74) is 10.0. The third-order valence-electron chi connectivity index (χ3n) is 6.55. The Hall–Kier alpha value is -2.42. The predicted molar refractivity (Wildman–Crippen MR) is 138 cm³/mol. The van der Waals surface area contributed by atoms with Crippen LogP contribution in [0.3, 0.4) is 0 Å². The summed E-state index contributed by atoms with van der Waals surface area (Å²) < 4.78 is 33.8. The zero-order valence-corrected chi connectivity index (χ0v) is 21.5. The first-order chi connectivity index (χ1) is 16.7. The SMILES string of the molecule is COP(C)(=O)OCc1ccc(N)c(C(=N)C2(C)Cc3cc(OCCN4CCOCC4)ccc3N2)c1. The van der Waals surface area contributed by atoms with E-state index in [-0.39, 0.29) is 6.61 Å². The Morgan fingerprint density at radius 1 is 1.26 bits per heavy atom. The van der Waals surface area contributed by atoms with Crippen molar-refractivity contribution < 1.29 is 23.1 Å². The smallest absolute Gasteiger partial charge is 0.327 e. The van der Waals surface area contributed by atoms with Crippen LogP contribution in [-0.4, -0.2) is 69.4 Å². The highest BCUT2D eigenvalue weighted by molar-refractivity contribution is 7.52. The largest absolute Gasteiger partial charge is 0.492 e. The van der Waals surface area contributed by atoms with Crippen LogP contribution in [0, 0.1) is 5.41 Å². The van der Waals surface area contributed by atoms with Crippen molar-refractivity contribution in [2.75, 3.05) is 64.3 Å². The maximum absolute atomic E-state index is 12.1. The second-order valence-electron chi connectivity index (χ2n) is 9.28. The molecular formula is C25H35N4O5P. The molecule has 2 unspecified atom stereocenters. The summed E-state index contributed by atoms with van der Waals surface area (Å²) in [4.78, 5) is 2.34. The van der Waals surface area contributed by atoms with Gasteiger partial charge in [0, 0.05) is 56.8 Å². The molecule has 10 heteroatoms. The quantitative estimate of drug-likeness (QED) is 0.255. The molecule has 9 nitrogen and oxygen atoms in total. The van der Waals surface area contributed by atoms with E-state index in [0.717, 1.165) is 55.4 Å². The van der Waals surface area contributed by atoms with Crippen molar-refractivity contribution in [1.82, 2.24) is 4.90 Å². The number of benzene rings is 2. The van der Waals surface area contributed by atoms with E-state index in [2.05, 4.69) is 16.3 Å². The summed E-state index contributed by atoms with van der Waals surface area (Å²) in [6.45, 7) is 8.48. The molecule has 2 aromatic carbocycles. The van der Waals surface area contributed by atoms with Crippen LogP contribution in [0.4, 0.5) is 11.4 Å². The van der Waals surface area contributed by atoms with Crippen molar-refractivity contribution in [3.05, 3.63) is 53.1 Å². The number of nitrogens with two attached hydrogens (primary N) is 1. The van der Waals surface area contributed by atoms with Crippen molar-refractivity contribution in [2.45, 2.75) is 25.5 Å². The molecular weight excluding hydrogens is 467 g/mol. The number of nitrogens with one attached hydrogen (secondary N) is 2. The van der Waals surface area contributed by atoms with Crippen LogP contribution in [0.1, 0.15) is 23.6 Å². The molecule has 1 fully saturated rings. The first kappa shape index (κ1) is 25.7. The molecule has 4 rings (SSSR count). The Morgan fingerprint density at radius 2 is 2.03 bits per heavy atom.